The van der Waals surface area contributed by atoms with Crippen LogP contribution in [0.1, 0.15) is 0 Å². The number of nitrogens with one attached hydrogen (secondary N) is 2. The van der Waals surface area contributed by atoms with Gasteiger partial charge in [-0.25, -0.2) is 15.0 Å². The van der Waals surface area contributed by atoms with Gasteiger partial charge in [0.25, 0.3) is 0 Å². The summed E-state index contributed by atoms with van der Waals surface area (Å²) in [4.78, 5) is 13.3. The molecule has 3 heterocycles. The second kappa shape index (κ2) is 7.51. The molecule has 0 aliphatic carbocycles. The highest BCUT2D eigenvalue weighted by Gasteiger charge is 2.10. The summed E-state index contributed by atoms with van der Waals surface area (Å²) in [6.07, 6.45) is 5.24. The summed E-state index contributed by atoms with van der Waals surface area (Å²) in [6.45, 7) is 1.32. The minimum absolute atomic E-state index is 0.641. The molecular formula is C19H18ClN7. The third-order valence-electron chi connectivity index (χ3n) is 4.04. The molecule has 0 amide bonds. The van der Waals surface area contributed by atoms with Crippen molar-refractivity contribution in [2.24, 2.45) is 0 Å². The molecule has 0 atom stereocenters. The largest absolute Gasteiger partial charge is 0.397 e. The first-order chi connectivity index (χ1) is 13.2. The molecule has 136 valence electrons. The van der Waals surface area contributed by atoms with E-state index in [1.54, 1.807) is 12.4 Å². The second-order valence-corrected chi connectivity index (χ2v) is 6.34. The van der Waals surface area contributed by atoms with Crippen LogP contribution in [0.4, 0.5) is 17.5 Å². The number of rotatable bonds is 6. The number of benzene rings is 1. The van der Waals surface area contributed by atoms with Crippen molar-refractivity contribution in [2.45, 2.75) is 0 Å². The predicted octanol–water partition coefficient (Wildman–Crippen LogP) is 3.55. The van der Waals surface area contributed by atoms with Crippen LogP contribution in [0.5, 0.6) is 0 Å². The quantitative estimate of drug-likeness (QED) is 0.443. The van der Waals surface area contributed by atoms with E-state index in [1.807, 2.05) is 53.1 Å². The molecule has 27 heavy (non-hydrogen) atoms. The minimum Gasteiger partial charge on any atom is -0.397 e. The first-order valence-corrected chi connectivity index (χ1v) is 8.87. The predicted molar refractivity (Wildman–Crippen MR) is 109 cm³/mol. The normalized spacial score (nSPS) is 10.9. The summed E-state index contributed by atoms with van der Waals surface area (Å²) in [5.74, 6) is 1.48. The Balaban J connectivity index is 1.51. The highest BCUT2D eigenvalue weighted by atomic mass is 35.5. The minimum atomic E-state index is 0.641. The standard InChI is InChI=1S/C19H18ClN7/c20-15-4-2-1-3-14(15)16-11-18-23-9-10-27(18)19(26-16)24-8-7-22-17-6-5-13(21)12-25-17/h1-6,9-12H,7-8,21H2,(H,22,25)(H,24,26). The number of hydrogen-bond acceptors (Lipinski definition) is 6. The van der Waals surface area contributed by atoms with E-state index in [2.05, 4.69) is 20.6 Å². The van der Waals surface area contributed by atoms with Gasteiger partial charge < -0.3 is 16.4 Å². The Hall–Kier alpha value is -3.32. The number of nitrogen functional groups attached to an aromatic ring is 1. The Morgan fingerprint density at radius 2 is 1.89 bits per heavy atom. The van der Waals surface area contributed by atoms with Crippen molar-refractivity contribution in [3.05, 3.63) is 66.1 Å². The molecule has 7 nitrogen and oxygen atoms in total. The van der Waals surface area contributed by atoms with Gasteiger partial charge in [-0.3, -0.25) is 4.40 Å². The van der Waals surface area contributed by atoms with Crippen LogP contribution in [-0.4, -0.2) is 32.4 Å². The molecule has 0 radical (unpaired) electrons. The molecule has 0 unspecified atom stereocenters. The van der Waals surface area contributed by atoms with Crippen LogP contribution >= 0.6 is 11.6 Å². The van der Waals surface area contributed by atoms with Gasteiger partial charge in [0, 0.05) is 42.1 Å². The summed E-state index contributed by atoms with van der Waals surface area (Å²) < 4.78 is 1.90. The molecule has 8 heteroatoms. The average molecular weight is 380 g/mol. The summed E-state index contributed by atoms with van der Waals surface area (Å²) in [6, 6.07) is 13.2. The van der Waals surface area contributed by atoms with Crippen molar-refractivity contribution in [3.8, 4) is 11.3 Å². The van der Waals surface area contributed by atoms with E-state index >= 15 is 0 Å². The van der Waals surface area contributed by atoms with Crippen LogP contribution in [0.25, 0.3) is 16.9 Å². The highest BCUT2D eigenvalue weighted by molar-refractivity contribution is 6.33. The van der Waals surface area contributed by atoms with E-state index in [0.29, 0.717) is 29.7 Å². The van der Waals surface area contributed by atoms with Gasteiger partial charge >= 0.3 is 0 Å². The van der Waals surface area contributed by atoms with Gasteiger partial charge in [0.15, 0.2) is 0 Å². The number of imidazole rings is 1. The lowest BCUT2D eigenvalue weighted by Gasteiger charge is -2.12. The summed E-state index contributed by atoms with van der Waals surface area (Å²) in [5.41, 5.74) is 8.73. The molecule has 0 bridgehead atoms. The van der Waals surface area contributed by atoms with Crippen molar-refractivity contribution in [3.63, 3.8) is 0 Å². The van der Waals surface area contributed by atoms with Crippen LogP contribution in [-0.2, 0) is 0 Å². The second-order valence-electron chi connectivity index (χ2n) is 5.93. The zero-order valence-electron chi connectivity index (χ0n) is 14.4. The third-order valence-corrected chi connectivity index (χ3v) is 4.37. The molecule has 3 aromatic heterocycles. The SMILES string of the molecule is Nc1ccc(NCCNc2nc(-c3ccccc3Cl)cc3nccn23)nc1. The van der Waals surface area contributed by atoms with Crippen LogP contribution < -0.4 is 16.4 Å². The first kappa shape index (κ1) is 17.1. The van der Waals surface area contributed by atoms with Crippen LogP contribution in [0.3, 0.4) is 0 Å². The van der Waals surface area contributed by atoms with Crippen LogP contribution in [0.15, 0.2) is 61.1 Å². The van der Waals surface area contributed by atoms with Crippen LogP contribution in [0.2, 0.25) is 5.02 Å². The van der Waals surface area contributed by atoms with E-state index in [9.17, 15) is 0 Å². The Morgan fingerprint density at radius 3 is 2.70 bits per heavy atom. The molecule has 4 N–H and O–H groups in total. The van der Waals surface area contributed by atoms with E-state index in [1.165, 1.54) is 0 Å². The third kappa shape index (κ3) is 3.78. The topological polar surface area (TPSA) is 93.2 Å². The van der Waals surface area contributed by atoms with Crippen molar-refractivity contribution < 1.29 is 0 Å². The molecule has 0 saturated heterocycles. The highest BCUT2D eigenvalue weighted by Crippen LogP contribution is 2.27. The first-order valence-electron chi connectivity index (χ1n) is 8.49. The molecular weight excluding hydrogens is 362 g/mol. The van der Waals surface area contributed by atoms with Gasteiger partial charge in [-0.2, -0.15) is 0 Å². The summed E-state index contributed by atoms with van der Waals surface area (Å²) in [5, 5.41) is 7.23. The Bertz CT molecular complexity index is 1060. The Kier molecular flexibility index (Phi) is 4.76. The molecule has 0 fully saturated rings. The number of aromatic nitrogens is 4. The van der Waals surface area contributed by atoms with Gasteiger partial charge in [0.2, 0.25) is 5.95 Å². The fourth-order valence-corrected chi connectivity index (χ4v) is 2.96. The Morgan fingerprint density at radius 1 is 1.04 bits per heavy atom. The molecule has 4 rings (SSSR count). The lowest BCUT2D eigenvalue weighted by Crippen LogP contribution is -2.17. The fourth-order valence-electron chi connectivity index (χ4n) is 2.73. The van der Waals surface area contributed by atoms with Crippen molar-refractivity contribution >= 4 is 34.7 Å². The van der Waals surface area contributed by atoms with Gasteiger partial charge in [0.1, 0.15) is 11.5 Å². The van der Waals surface area contributed by atoms with Gasteiger partial charge in [0.05, 0.1) is 17.6 Å². The van der Waals surface area contributed by atoms with Crippen molar-refractivity contribution in [1.82, 2.24) is 19.4 Å². The van der Waals surface area contributed by atoms with Gasteiger partial charge in [-0.1, -0.05) is 29.8 Å². The van der Waals surface area contributed by atoms with Crippen molar-refractivity contribution in [1.29, 1.82) is 0 Å². The molecule has 0 spiro atoms. The number of nitrogens with two attached hydrogens (primary N) is 1. The molecule has 0 aliphatic rings. The van der Waals surface area contributed by atoms with Gasteiger partial charge in [-0.15, -0.1) is 0 Å². The van der Waals surface area contributed by atoms with E-state index in [0.717, 1.165) is 22.7 Å². The number of hydrogen-bond donors (Lipinski definition) is 3. The lowest BCUT2D eigenvalue weighted by molar-refractivity contribution is 0.995. The van der Waals surface area contributed by atoms with Crippen LogP contribution in [0, 0.1) is 0 Å². The Labute approximate surface area is 161 Å². The average Bonchev–Trinajstić information content (AvgIpc) is 3.15. The van der Waals surface area contributed by atoms with E-state index in [-0.39, 0.29) is 0 Å². The molecule has 0 aliphatic heterocycles. The monoisotopic (exact) mass is 379 g/mol. The van der Waals surface area contributed by atoms with Crippen molar-refractivity contribution in [2.75, 3.05) is 29.5 Å². The van der Waals surface area contributed by atoms with E-state index in [4.69, 9.17) is 22.3 Å². The summed E-state index contributed by atoms with van der Waals surface area (Å²) in [7, 11) is 0. The maximum atomic E-state index is 6.33. The molecule has 4 aromatic rings. The number of halogens is 1. The van der Waals surface area contributed by atoms with E-state index < -0.39 is 0 Å². The smallest absolute Gasteiger partial charge is 0.209 e. The lowest BCUT2D eigenvalue weighted by atomic mass is 10.1. The maximum absolute atomic E-state index is 6.33. The maximum Gasteiger partial charge on any atom is 0.209 e. The fraction of sp³-hybridized carbons (Fsp3) is 0.105. The zero-order chi connectivity index (χ0) is 18.6. The number of nitrogens with zero attached hydrogens (tertiary/aromatic N) is 4. The molecule has 0 saturated carbocycles. The number of anilines is 3. The number of pyridine rings is 1. The van der Waals surface area contributed by atoms with Gasteiger partial charge in [-0.05, 0) is 18.2 Å². The number of fused-ring (bicyclic) bond motifs is 1. The summed E-state index contributed by atoms with van der Waals surface area (Å²) >= 11 is 6.33. The zero-order valence-corrected chi connectivity index (χ0v) is 15.2. The molecule has 1 aromatic carbocycles.